The van der Waals surface area contributed by atoms with Crippen LogP contribution in [-0.4, -0.2) is 14.8 Å². The predicted octanol–water partition coefficient (Wildman–Crippen LogP) is 1.26. The second-order valence-corrected chi connectivity index (χ2v) is 2.10. The smallest absolute Gasteiger partial charge is 0.225 e. The van der Waals surface area contributed by atoms with Crippen molar-refractivity contribution in [3.05, 3.63) is 11.1 Å². The molecular weight excluding hydrogens is 138 g/mol. The van der Waals surface area contributed by atoms with E-state index in [0.717, 1.165) is 12.4 Å². The van der Waals surface area contributed by atoms with Gasteiger partial charge in [0.2, 0.25) is 5.28 Å². The Morgan fingerprint density at radius 1 is 1.56 bits per heavy atom. The number of rotatable bonds is 1. The SMILES string of the molecule is CCn1c(C)nnc1Cl. The van der Waals surface area contributed by atoms with E-state index in [1.54, 1.807) is 0 Å². The molecule has 0 aliphatic rings. The molecule has 3 nitrogen and oxygen atoms in total. The van der Waals surface area contributed by atoms with Crippen LogP contribution in [0, 0.1) is 6.92 Å². The third kappa shape index (κ3) is 1.05. The Labute approximate surface area is 58.7 Å². The molecule has 50 valence electrons. The zero-order chi connectivity index (χ0) is 6.85. The van der Waals surface area contributed by atoms with Crippen LogP contribution >= 0.6 is 11.6 Å². The van der Waals surface area contributed by atoms with Crippen molar-refractivity contribution in [3.8, 4) is 0 Å². The number of aromatic nitrogens is 3. The van der Waals surface area contributed by atoms with Crippen molar-refractivity contribution in [1.29, 1.82) is 0 Å². The largest absolute Gasteiger partial charge is 0.302 e. The second-order valence-electron chi connectivity index (χ2n) is 1.76. The number of aryl methyl sites for hydroxylation is 1. The summed E-state index contributed by atoms with van der Waals surface area (Å²) < 4.78 is 1.83. The molecule has 0 N–H and O–H groups in total. The topological polar surface area (TPSA) is 30.7 Å². The van der Waals surface area contributed by atoms with Gasteiger partial charge in [0.1, 0.15) is 5.82 Å². The second kappa shape index (κ2) is 2.35. The molecule has 1 aromatic heterocycles. The first kappa shape index (κ1) is 6.55. The molecule has 0 atom stereocenters. The maximum Gasteiger partial charge on any atom is 0.225 e. The molecule has 1 heterocycles. The lowest BCUT2D eigenvalue weighted by atomic mass is 10.6. The standard InChI is InChI=1S/C5H8ClN3/c1-3-9-4(2)7-8-5(9)6/h3H2,1-2H3. The van der Waals surface area contributed by atoms with E-state index in [0.29, 0.717) is 5.28 Å². The fourth-order valence-electron chi connectivity index (χ4n) is 0.714. The van der Waals surface area contributed by atoms with Crippen molar-refractivity contribution in [2.45, 2.75) is 20.4 Å². The highest BCUT2D eigenvalue weighted by Crippen LogP contribution is 2.05. The normalized spacial score (nSPS) is 10.1. The Bertz CT molecular complexity index is 186. The summed E-state index contributed by atoms with van der Waals surface area (Å²) >= 11 is 5.63. The summed E-state index contributed by atoms with van der Waals surface area (Å²) in [5.41, 5.74) is 0. The highest BCUT2D eigenvalue weighted by Gasteiger charge is 2.01. The van der Waals surface area contributed by atoms with Crippen LogP contribution < -0.4 is 0 Å². The highest BCUT2D eigenvalue weighted by molar-refractivity contribution is 6.28. The van der Waals surface area contributed by atoms with Gasteiger partial charge in [0.05, 0.1) is 0 Å². The summed E-state index contributed by atoms with van der Waals surface area (Å²) in [6.45, 7) is 4.71. The Balaban J connectivity index is 3.07. The molecule has 0 spiro atoms. The minimum atomic E-state index is 0.468. The van der Waals surface area contributed by atoms with E-state index in [-0.39, 0.29) is 0 Å². The zero-order valence-corrected chi connectivity index (χ0v) is 6.18. The Hall–Kier alpha value is -0.570. The van der Waals surface area contributed by atoms with E-state index in [4.69, 9.17) is 11.6 Å². The maximum atomic E-state index is 5.63. The van der Waals surface area contributed by atoms with Crippen LogP contribution in [0.2, 0.25) is 5.28 Å². The molecule has 0 aromatic carbocycles. The molecular formula is C5H8ClN3. The van der Waals surface area contributed by atoms with E-state index >= 15 is 0 Å². The maximum absolute atomic E-state index is 5.63. The van der Waals surface area contributed by atoms with E-state index < -0.39 is 0 Å². The van der Waals surface area contributed by atoms with Gasteiger partial charge < -0.3 is 4.57 Å². The first-order valence-electron chi connectivity index (χ1n) is 2.81. The van der Waals surface area contributed by atoms with Crippen LogP contribution in [0.5, 0.6) is 0 Å². The first-order chi connectivity index (χ1) is 4.25. The summed E-state index contributed by atoms with van der Waals surface area (Å²) in [7, 11) is 0. The third-order valence-corrected chi connectivity index (χ3v) is 1.49. The van der Waals surface area contributed by atoms with Crippen LogP contribution in [0.25, 0.3) is 0 Å². The van der Waals surface area contributed by atoms with Crippen molar-refractivity contribution in [2.24, 2.45) is 0 Å². The monoisotopic (exact) mass is 145 g/mol. The lowest BCUT2D eigenvalue weighted by molar-refractivity contribution is 0.730. The fraction of sp³-hybridized carbons (Fsp3) is 0.600. The fourth-order valence-corrected chi connectivity index (χ4v) is 0.994. The number of halogens is 1. The average Bonchev–Trinajstić information content (AvgIpc) is 2.12. The van der Waals surface area contributed by atoms with Crippen molar-refractivity contribution < 1.29 is 0 Å². The molecule has 0 saturated carbocycles. The van der Waals surface area contributed by atoms with Gasteiger partial charge in [-0.25, -0.2) is 0 Å². The van der Waals surface area contributed by atoms with Gasteiger partial charge in [-0.05, 0) is 25.4 Å². The highest BCUT2D eigenvalue weighted by atomic mass is 35.5. The lowest BCUT2D eigenvalue weighted by Crippen LogP contribution is -1.96. The van der Waals surface area contributed by atoms with E-state index in [1.807, 2.05) is 18.4 Å². The molecule has 0 amide bonds. The summed E-state index contributed by atoms with van der Waals surface area (Å²) in [5.74, 6) is 0.863. The predicted molar refractivity (Wildman–Crippen MR) is 35.4 cm³/mol. The van der Waals surface area contributed by atoms with Crippen molar-refractivity contribution in [3.63, 3.8) is 0 Å². The van der Waals surface area contributed by atoms with Crippen molar-refractivity contribution >= 4 is 11.6 Å². The van der Waals surface area contributed by atoms with Gasteiger partial charge in [-0.3, -0.25) is 0 Å². The molecule has 9 heavy (non-hydrogen) atoms. The molecule has 0 fully saturated rings. The Morgan fingerprint density at radius 3 is 2.44 bits per heavy atom. The molecule has 4 heteroatoms. The average molecular weight is 146 g/mol. The van der Waals surface area contributed by atoms with Gasteiger partial charge in [0.25, 0.3) is 0 Å². The van der Waals surface area contributed by atoms with E-state index in [1.165, 1.54) is 0 Å². The van der Waals surface area contributed by atoms with Gasteiger partial charge in [0.15, 0.2) is 0 Å². The van der Waals surface area contributed by atoms with Crippen LogP contribution in [0.3, 0.4) is 0 Å². The van der Waals surface area contributed by atoms with Crippen LogP contribution in [0.4, 0.5) is 0 Å². The number of hydrogen-bond acceptors (Lipinski definition) is 2. The molecule has 1 rings (SSSR count). The molecule has 0 bridgehead atoms. The number of nitrogens with zero attached hydrogens (tertiary/aromatic N) is 3. The Kier molecular flexibility index (Phi) is 1.71. The molecule has 0 aliphatic heterocycles. The third-order valence-electron chi connectivity index (χ3n) is 1.21. The van der Waals surface area contributed by atoms with Gasteiger partial charge in [-0.15, -0.1) is 10.2 Å². The van der Waals surface area contributed by atoms with Gasteiger partial charge in [0, 0.05) is 6.54 Å². The summed E-state index contributed by atoms with van der Waals surface area (Å²) in [5, 5.41) is 7.90. The molecule has 0 unspecified atom stereocenters. The lowest BCUT2D eigenvalue weighted by Gasteiger charge is -1.96. The van der Waals surface area contributed by atoms with Gasteiger partial charge in [-0.2, -0.15) is 0 Å². The summed E-state index contributed by atoms with van der Waals surface area (Å²) in [6, 6.07) is 0. The van der Waals surface area contributed by atoms with Crippen molar-refractivity contribution in [2.75, 3.05) is 0 Å². The number of hydrogen-bond donors (Lipinski definition) is 0. The first-order valence-corrected chi connectivity index (χ1v) is 3.18. The molecule has 0 radical (unpaired) electrons. The molecule has 0 saturated heterocycles. The Morgan fingerprint density at radius 2 is 2.22 bits per heavy atom. The molecule has 0 aliphatic carbocycles. The van der Waals surface area contributed by atoms with Crippen molar-refractivity contribution in [1.82, 2.24) is 14.8 Å². The summed E-state index contributed by atoms with van der Waals surface area (Å²) in [4.78, 5) is 0. The summed E-state index contributed by atoms with van der Waals surface area (Å²) in [6.07, 6.45) is 0. The van der Waals surface area contributed by atoms with E-state index in [2.05, 4.69) is 10.2 Å². The quantitative estimate of drug-likeness (QED) is 0.596. The zero-order valence-electron chi connectivity index (χ0n) is 5.43. The molecule has 1 aromatic rings. The van der Waals surface area contributed by atoms with Gasteiger partial charge >= 0.3 is 0 Å². The minimum Gasteiger partial charge on any atom is -0.302 e. The van der Waals surface area contributed by atoms with Gasteiger partial charge in [-0.1, -0.05) is 0 Å². The van der Waals surface area contributed by atoms with Crippen LogP contribution in [0.1, 0.15) is 12.7 Å². The van der Waals surface area contributed by atoms with E-state index in [9.17, 15) is 0 Å². The van der Waals surface area contributed by atoms with Crippen LogP contribution in [-0.2, 0) is 6.54 Å². The minimum absolute atomic E-state index is 0.468. The van der Waals surface area contributed by atoms with Crippen LogP contribution in [0.15, 0.2) is 0 Å².